The van der Waals surface area contributed by atoms with E-state index >= 15 is 0 Å². The van der Waals surface area contributed by atoms with Crippen molar-refractivity contribution in [2.75, 3.05) is 17.2 Å². The SMILES string of the molecule is Cc1n[nH]c(C)c1C(=O)Nc1ccc2c(c1)NCCC2. The zero-order valence-corrected chi connectivity index (χ0v) is 11.7. The van der Waals surface area contributed by atoms with Gasteiger partial charge in [-0.15, -0.1) is 0 Å². The Morgan fingerprint density at radius 1 is 1.35 bits per heavy atom. The lowest BCUT2D eigenvalue weighted by atomic mass is 10.0. The average molecular weight is 270 g/mol. The Hall–Kier alpha value is -2.30. The van der Waals surface area contributed by atoms with E-state index in [1.54, 1.807) is 0 Å². The summed E-state index contributed by atoms with van der Waals surface area (Å²) < 4.78 is 0. The zero-order chi connectivity index (χ0) is 14.1. The minimum atomic E-state index is -0.121. The van der Waals surface area contributed by atoms with E-state index in [2.05, 4.69) is 26.9 Å². The van der Waals surface area contributed by atoms with Crippen LogP contribution in [0.2, 0.25) is 0 Å². The fourth-order valence-electron chi connectivity index (χ4n) is 2.62. The smallest absolute Gasteiger partial charge is 0.259 e. The molecule has 0 unspecified atom stereocenters. The number of fused-ring (bicyclic) bond motifs is 1. The molecule has 2 heterocycles. The van der Waals surface area contributed by atoms with Crippen molar-refractivity contribution < 1.29 is 4.79 Å². The number of nitrogens with zero attached hydrogens (tertiary/aromatic N) is 1. The lowest BCUT2D eigenvalue weighted by Crippen LogP contribution is -2.15. The number of anilines is 2. The molecule has 5 nitrogen and oxygen atoms in total. The van der Waals surface area contributed by atoms with Crippen molar-refractivity contribution in [3.63, 3.8) is 0 Å². The number of aromatic amines is 1. The molecule has 0 saturated carbocycles. The van der Waals surface area contributed by atoms with Crippen LogP contribution < -0.4 is 10.6 Å². The van der Waals surface area contributed by atoms with Gasteiger partial charge in [-0.3, -0.25) is 9.89 Å². The van der Waals surface area contributed by atoms with Gasteiger partial charge >= 0.3 is 0 Å². The van der Waals surface area contributed by atoms with Crippen LogP contribution in [-0.2, 0) is 6.42 Å². The molecule has 3 N–H and O–H groups in total. The fourth-order valence-corrected chi connectivity index (χ4v) is 2.62. The molecule has 0 bridgehead atoms. The number of benzene rings is 1. The second-order valence-corrected chi connectivity index (χ2v) is 5.17. The molecule has 3 rings (SSSR count). The number of hydrogen-bond acceptors (Lipinski definition) is 3. The van der Waals surface area contributed by atoms with Gasteiger partial charge in [0.2, 0.25) is 0 Å². The number of amides is 1. The third-order valence-corrected chi connectivity index (χ3v) is 3.66. The van der Waals surface area contributed by atoms with Crippen LogP contribution in [0.3, 0.4) is 0 Å². The van der Waals surface area contributed by atoms with Crippen LogP contribution in [0, 0.1) is 13.8 Å². The summed E-state index contributed by atoms with van der Waals surface area (Å²) in [5, 5.41) is 13.2. The third-order valence-electron chi connectivity index (χ3n) is 3.66. The molecule has 104 valence electrons. The highest BCUT2D eigenvalue weighted by Crippen LogP contribution is 2.25. The first-order chi connectivity index (χ1) is 9.65. The van der Waals surface area contributed by atoms with Crippen molar-refractivity contribution in [3.05, 3.63) is 40.7 Å². The topological polar surface area (TPSA) is 69.8 Å². The van der Waals surface area contributed by atoms with Gasteiger partial charge in [0.25, 0.3) is 5.91 Å². The summed E-state index contributed by atoms with van der Waals surface area (Å²) in [5.41, 5.74) is 5.37. The minimum Gasteiger partial charge on any atom is -0.385 e. The van der Waals surface area contributed by atoms with Gasteiger partial charge < -0.3 is 10.6 Å². The lowest BCUT2D eigenvalue weighted by molar-refractivity contribution is 0.102. The maximum atomic E-state index is 12.3. The number of carbonyl (C=O) groups excluding carboxylic acids is 1. The third kappa shape index (κ3) is 2.27. The molecule has 0 radical (unpaired) electrons. The fraction of sp³-hybridized carbons (Fsp3) is 0.333. The summed E-state index contributed by atoms with van der Waals surface area (Å²) in [6, 6.07) is 6.03. The molecule has 5 heteroatoms. The Morgan fingerprint density at radius 3 is 2.95 bits per heavy atom. The first-order valence-corrected chi connectivity index (χ1v) is 6.85. The first kappa shape index (κ1) is 12.7. The van der Waals surface area contributed by atoms with E-state index in [-0.39, 0.29) is 5.91 Å². The normalized spacial score (nSPS) is 13.5. The average Bonchev–Trinajstić information content (AvgIpc) is 2.78. The summed E-state index contributed by atoms with van der Waals surface area (Å²) in [7, 11) is 0. The van der Waals surface area contributed by atoms with Crippen LogP contribution in [0.25, 0.3) is 0 Å². The molecule has 1 aliphatic heterocycles. The molecule has 0 atom stereocenters. The van der Waals surface area contributed by atoms with E-state index in [0.29, 0.717) is 5.56 Å². The van der Waals surface area contributed by atoms with Crippen LogP contribution in [0.15, 0.2) is 18.2 Å². The van der Waals surface area contributed by atoms with Gasteiger partial charge in [-0.05, 0) is 44.4 Å². The highest BCUT2D eigenvalue weighted by molar-refractivity contribution is 6.06. The Labute approximate surface area is 117 Å². The number of aromatic nitrogens is 2. The van der Waals surface area contributed by atoms with Crippen molar-refractivity contribution in [2.24, 2.45) is 0 Å². The molecule has 0 spiro atoms. The summed E-state index contributed by atoms with van der Waals surface area (Å²) in [6.45, 7) is 4.67. The van der Waals surface area contributed by atoms with Gasteiger partial charge in [-0.25, -0.2) is 0 Å². The maximum absolute atomic E-state index is 12.3. The van der Waals surface area contributed by atoms with Crippen LogP contribution >= 0.6 is 0 Å². The number of hydrogen-bond donors (Lipinski definition) is 3. The van der Waals surface area contributed by atoms with Gasteiger partial charge in [0, 0.05) is 23.6 Å². The summed E-state index contributed by atoms with van der Waals surface area (Å²) >= 11 is 0. The van der Waals surface area contributed by atoms with Gasteiger partial charge in [0.15, 0.2) is 0 Å². The molecule has 1 aromatic heterocycles. The van der Waals surface area contributed by atoms with Crippen LogP contribution in [0.1, 0.15) is 33.7 Å². The highest BCUT2D eigenvalue weighted by Gasteiger charge is 2.16. The molecular weight excluding hydrogens is 252 g/mol. The van der Waals surface area contributed by atoms with Crippen molar-refractivity contribution >= 4 is 17.3 Å². The van der Waals surface area contributed by atoms with Gasteiger partial charge in [0.1, 0.15) is 0 Å². The number of nitrogens with one attached hydrogen (secondary N) is 3. The predicted octanol–water partition coefficient (Wildman–Crippen LogP) is 2.64. The first-order valence-electron chi connectivity index (χ1n) is 6.85. The summed E-state index contributed by atoms with van der Waals surface area (Å²) in [5.74, 6) is -0.121. The lowest BCUT2D eigenvalue weighted by Gasteiger charge is -2.18. The molecule has 0 fully saturated rings. The van der Waals surface area contributed by atoms with Gasteiger partial charge in [0.05, 0.1) is 11.3 Å². The number of carbonyl (C=O) groups is 1. The van der Waals surface area contributed by atoms with E-state index in [0.717, 1.165) is 42.1 Å². The van der Waals surface area contributed by atoms with E-state index in [4.69, 9.17) is 0 Å². The standard InChI is InChI=1S/C15H18N4O/c1-9-14(10(2)19-18-9)15(20)17-12-6-5-11-4-3-7-16-13(11)8-12/h5-6,8,16H,3-4,7H2,1-2H3,(H,17,20)(H,18,19). The number of aryl methyl sites for hydroxylation is 3. The van der Waals surface area contributed by atoms with Crippen LogP contribution in [-0.4, -0.2) is 22.6 Å². The molecular formula is C15H18N4O. The largest absolute Gasteiger partial charge is 0.385 e. The van der Waals surface area contributed by atoms with Crippen molar-refractivity contribution in [2.45, 2.75) is 26.7 Å². The Bertz CT molecular complexity index is 640. The molecule has 0 saturated heterocycles. The molecule has 20 heavy (non-hydrogen) atoms. The van der Waals surface area contributed by atoms with E-state index in [1.807, 2.05) is 26.0 Å². The predicted molar refractivity (Wildman–Crippen MR) is 79.3 cm³/mol. The van der Waals surface area contributed by atoms with Gasteiger partial charge in [-0.1, -0.05) is 6.07 Å². The Morgan fingerprint density at radius 2 is 2.20 bits per heavy atom. The summed E-state index contributed by atoms with van der Waals surface area (Å²) in [4.78, 5) is 12.3. The molecule has 1 aromatic carbocycles. The van der Waals surface area contributed by atoms with Crippen molar-refractivity contribution in [1.82, 2.24) is 10.2 Å². The van der Waals surface area contributed by atoms with E-state index in [1.165, 1.54) is 5.56 Å². The monoisotopic (exact) mass is 270 g/mol. The van der Waals surface area contributed by atoms with Gasteiger partial charge in [-0.2, -0.15) is 5.10 Å². The maximum Gasteiger partial charge on any atom is 0.259 e. The second-order valence-electron chi connectivity index (χ2n) is 5.17. The minimum absolute atomic E-state index is 0.121. The van der Waals surface area contributed by atoms with Crippen molar-refractivity contribution in [1.29, 1.82) is 0 Å². The zero-order valence-electron chi connectivity index (χ0n) is 11.7. The number of H-pyrrole nitrogens is 1. The molecule has 0 aliphatic carbocycles. The second kappa shape index (κ2) is 5.00. The summed E-state index contributed by atoms with van der Waals surface area (Å²) in [6.07, 6.45) is 2.25. The molecule has 1 amide bonds. The van der Waals surface area contributed by atoms with E-state index in [9.17, 15) is 4.79 Å². The molecule has 1 aliphatic rings. The molecule has 2 aromatic rings. The quantitative estimate of drug-likeness (QED) is 0.785. The Kier molecular flexibility index (Phi) is 3.18. The Balaban J connectivity index is 1.83. The van der Waals surface area contributed by atoms with Crippen LogP contribution in [0.4, 0.5) is 11.4 Å². The highest BCUT2D eigenvalue weighted by atomic mass is 16.1. The van der Waals surface area contributed by atoms with Crippen LogP contribution in [0.5, 0.6) is 0 Å². The van der Waals surface area contributed by atoms with E-state index < -0.39 is 0 Å². The van der Waals surface area contributed by atoms with Crippen molar-refractivity contribution in [3.8, 4) is 0 Å². The number of rotatable bonds is 2.